The first-order chi connectivity index (χ1) is 12.5. The van der Waals surface area contributed by atoms with Crippen LogP contribution >= 0.6 is 0 Å². The van der Waals surface area contributed by atoms with E-state index in [4.69, 9.17) is 4.74 Å². The molecule has 1 amide bonds. The van der Waals surface area contributed by atoms with Crippen LogP contribution in [-0.4, -0.2) is 51.7 Å². The first-order valence-corrected chi connectivity index (χ1v) is 9.35. The quantitative estimate of drug-likeness (QED) is 0.791. The summed E-state index contributed by atoms with van der Waals surface area (Å²) in [5, 5.41) is 0. The van der Waals surface area contributed by atoms with Crippen molar-refractivity contribution < 1.29 is 9.53 Å². The first-order valence-electron chi connectivity index (χ1n) is 9.35. The predicted octanol–water partition coefficient (Wildman–Crippen LogP) is 2.05. The summed E-state index contributed by atoms with van der Waals surface area (Å²) in [4.78, 5) is 31.9. The van der Waals surface area contributed by atoms with Gasteiger partial charge in [0.2, 0.25) is 5.91 Å². The largest absolute Gasteiger partial charge is 0.383 e. The lowest BCUT2D eigenvalue weighted by Gasteiger charge is -2.33. The maximum atomic E-state index is 13.1. The van der Waals surface area contributed by atoms with Crippen LogP contribution < -0.4 is 5.69 Å². The van der Waals surface area contributed by atoms with Gasteiger partial charge in [0, 0.05) is 32.8 Å². The van der Waals surface area contributed by atoms with Crippen molar-refractivity contribution in [1.29, 1.82) is 0 Å². The Morgan fingerprint density at radius 2 is 2.23 bits per heavy atom. The zero-order valence-corrected chi connectivity index (χ0v) is 15.9. The number of amides is 1. The van der Waals surface area contributed by atoms with Crippen LogP contribution in [0.25, 0.3) is 11.2 Å². The van der Waals surface area contributed by atoms with Crippen molar-refractivity contribution in [3.63, 3.8) is 0 Å². The van der Waals surface area contributed by atoms with E-state index in [0.717, 1.165) is 24.9 Å². The van der Waals surface area contributed by atoms with Crippen molar-refractivity contribution in [2.45, 2.75) is 45.7 Å². The molecule has 3 rings (SSSR count). The number of carbonyl (C=O) groups excluding carboxylic acids is 1. The zero-order chi connectivity index (χ0) is 18.7. The number of hydrogen-bond donors (Lipinski definition) is 0. The van der Waals surface area contributed by atoms with E-state index >= 15 is 0 Å². The normalized spacial score (nSPS) is 18.0. The fourth-order valence-corrected chi connectivity index (χ4v) is 3.71. The van der Waals surface area contributed by atoms with Crippen molar-refractivity contribution in [3.8, 4) is 0 Å². The van der Waals surface area contributed by atoms with Gasteiger partial charge in [-0.25, -0.2) is 9.78 Å². The number of piperidine rings is 1. The number of carbonyl (C=O) groups is 1. The number of aromatic nitrogens is 3. The van der Waals surface area contributed by atoms with E-state index < -0.39 is 0 Å². The molecule has 1 aliphatic heterocycles. The Morgan fingerprint density at radius 1 is 1.42 bits per heavy atom. The van der Waals surface area contributed by atoms with E-state index in [2.05, 4.69) is 18.8 Å². The van der Waals surface area contributed by atoms with Crippen molar-refractivity contribution in [3.05, 3.63) is 28.8 Å². The van der Waals surface area contributed by atoms with Gasteiger partial charge in [0.25, 0.3) is 0 Å². The molecule has 0 aromatic carbocycles. The molecule has 2 aromatic rings. The third-order valence-corrected chi connectivity index (χ3v) is 4.94. The molecular weight excluding hydrogens is 332 g/mol. The molecule has 0 N–H and O–H groups in total. The molecule has 0 unspecified atom stereocenters. The first kappa shape index (κ1) is 18.6. The van der Waals surface area contributed by atoms with E-state index in [-0.39, 0.29) is 17.6 Å². The number of methoxy groups -OCH3 is 1. The van der Waals surface area contributed by atoms with Crippen LogP contribution in [0, 0.1) is 5.92 Å². The molecule has 1 saturated heterocycles. The number of rotatable bonds is 6. The van der Waals surface area contributed by atoms with E-state index in [1.54, 1.807) is 22.4 Å². The molecule has 1 aliphatic rings. The highest BCUT2D eigenvalue weighted by Gasteiger charge is 2.28. The summed E-state index contributed by atoms with van der Waals surface area (Å²) in [7, 11) is 1.63. The van der Waals surface area contributed by atoms with Gasteiger partial charge < -0.3 is 9.64 Å². The van der Waals surface area contributed by atoms with Crippen molar-refractivity contribution >= 4 is 17.1 Å². The summed E-state index contributed by atoms with van der Waals surface area (Å²) in [5.41, 5.74) is 1.44. The maximum Gasteiger partial charge on any atom is 0.330 e. The molecule has 0 aliphatic carbocycles. The van der Waals surface area contributed by atoms with Gasteiger partial charge in [-0.05, 0) is 30.9 Å². The number of hydrogen-bond acceptors (Lipinski definition) is 4. The molecule has 1 atom stereocenters. The molecule has 7 heteroatoms. The standard InChI is InChI=1S/C19H28N4O3/c1-14(2)12-17(24)21-9-5-6-15(13-21)23-18-16(7-4-8-20-18)22(19(23)25)10-11-26-3/h4,7-8,14-15H,5-6,9-13H2,1-3H3/t15-/m0/s1. The van der Waals surface area contributed by atoms with Crippen molar-refractivity contribution in [2.24, 2.45) is 5.92 Å². The van der Waals surface area contributed by atoms with E-state index in [9.17, 15) is 9.59 Å². The van der Waals surface area contributed by atoms with Crippen LogP contribution in [0.15, 0.2) is 23.1 Å². The molecule has 1 fully saturated rings. The second-order valence-electron chi connectivity index (χ2n) is 7.38. The van der Waals surface area contributed by atoms with Crippen LogP contribution in [-0.2, 0) is 16.1 Å². The van der Waals surface area contributed by atoms with Gasteiger partial charge in [0.05, 0.1) is 24.7 Å². The number of fused-ring (bicyclic) bond motifs is 1. The third-order valence-electron chi connectivity index (χ3n) is 4.94. The van der Waals surface area contributed by atoms with Crippen molar-refractivity contribution in [2.75, 3.05) is 26.8 Å². The number of imidazole rings is 1. The highest BCUT2D eigenvalue weighted by Crippen LogP contribution is 2.25. The summed E-state index contributed by atoms with van der Waals surface area (Å²) in [6.45, 7) is 6.41. The van der Waals surface area contributed by atoms with Crippen LogP contribution in [0.2, 0.25) is 0 Å². The summed E-state index contributed by atoms with van der Waals surface area (Å²) in [6, 6.07) is 3.73. The monoisotopic (exact) mass is 360 g/mol. The van der Waals surface area contributed by atoms with Gasteiger partial charge in [0.1, 0.15) is 0 Å². The number of likely N-dealkylation sites (tertiary alicyclic amines) is 1. The Balaban J connectivity index is 1.93. The third kappa shape index (κ3) is 3.67. The average Bonchev–Trinajstić information content (AvgIpc) is 2.91. The van der Waals surface area contributed by atoms with Crippen LogP contribution in [0.1, 0.15) is 39.2 Å². The summed E-state index contributed by atoms with van der Waals surface area (Å²) >= 11 is 0. The molecule has 142 valence electrons. The molecule has 26 heavy (non-hydrogen) atoms. The summed E-state index contributed by atoms with van der Waals surface area (Å²) in [6.07, 6.45) is 4.04. The Morgan fingerprint density at radius 3 is 2.96 bits per heavy atom. The average molecular weight is 360 g/mol. The minimum Gasteiger partial charge on any atom is -0.383 e. The second-order valence-corrected chi connectivity index (χ2v) is 7.38. The summed E-state index contributed by atoms with van der Waals surface area (Å²) < 4.78 is 8.65. The number of ether oxygens (including phenoxy) is 1. The van der Waals surface area contributed by atoms with Crippen LogP contribution in [0.4, 0.5) is 0 Å². The second kappa shape index (κ2) is 8.03. The Bertz CT molecular complexity index is 824. The zero-order valence-electron chi connectivity index (χ0n) is 15.9. The molecule has 7 nitrogen and oxygen atoms in total. The minimum absolute atomic E-state index is 0.0337. The molecule has 3 heterocycles. The smallest absolute Gasteiger partial charge is 0.330 e. The Hall–Kier alpha value is -2.15. The maximum absolute atomic E-state index is 13.1. The van der Waals surface area contributed by atoms with Crippen LogP contribution in [0.5, 0.6) is 0 Å². The summed E-state index contributed by atoms with van der Waals surface area (Å²) in [5.74, 6) is 0.511. The van der Waals surface area contributed by atoms with Gasteiger partial charge in [-0.1, -0.05) is 13.8 Å². The van der Waals surface area contributed by atoms with Gasteiger partial charge in [0.15, 0.2) is 5.65 Å². The molecule has 0 spiro atoms. The van der Waals surface area contributed by atoms with Gasteiger partial charge >= 0.3 is 5.69 Å². The predicted molar refractivity (Wildman–Crippen MR) is 100 cm³/mol. The van der Waals surface area contributed by atoms with E-state index in [1.807, 2.05) is 17.0 Å². The fraction of sp³-hybridized carbons (Fsp3) is 0.632. The minimum atomic E-state index is -0.0705. The van der Waals surface area contributed by atoms with Crippen molar-refractivity contribution in [1.82, 2.24) is 19.0 Å². The Kier molecular flexibility index (Phi) is 5.76. The molecule has 2 aromatic heterocycles. The Labute approximate surface area is 153 Å². The fourth-order valence-electron chi connectivity index (χ4n) is 3.71. The SMILES string of the molecule is COCCn1c(=O)n([C@H]2CCCN(C(=O)CC(C)C)C2)c2ncccc21. The van der Waals surface area contributed by atoms with Gasteiger partial charge in [-0.2, -0.15) is 0 Å². The highest BCUT2D eigenvalue weighted by atomic mass is 16.5. The lowest BCUT2D eigenvalue weighted by molar-refractivity contribution is -0.133. The van der Waals surface area contributed by atoms with E-state index in [0.29, 0.717) is 37.7 Å². The molecular formula is C19H28N4O3. The molecule has 0 radical (unpaired) electrons. The lowest BCUT2D eigenvalue weighted by Crippen LogP contribution is -2.43. The van der Waals surface area contributed by atoms with Gasteiger partial charge in [-0.15, -0.1) is 0 Å². The molecule has 0 saturated carbocycles. The van der Waals surface area contributed by atoms with E-state index in [1.165, 1.54) is 0 Å². The van der Waals surface area contributed by atoms with Gasteiger partial charge in [-0.3, -0.25) is 13.9 Å². The number of nitrogens with zero attached hydrogens (tertiary/aromatic N) is 4. The highest BCUT2D eigenvalue weighted by molar-refractivity contribution is 5.76. The number of pyridine rings is 1. The van der Waals surface area contributed by atoms with Crippen LogP contribution in [0.3, 0.4) is 0 Å². The molecule has 0 bridgehead atoms. The topological polar surface area (TPSA) is 69.4 Å². The lowest BCUT2D eigenvalue weighted by atomic mass is 10.0.